The molecular weight excluding hydrogens is 292 g/mol. The smallest absolute Gasteiger partial charge is 0.230 e. The van der Waals surface area contributed by atoms with E-state index in [9.17, 15) is 4.79 Å². The summed E-state index contributed by atoms with van der Waals surface area (Å²) in [4.78, 5) is 19.1. The summed E-state index contributed by atoms with van der Waals surface area (Å²) in [7, 11) is 0. The van der Waals surface area contributed by atoms with Crippen LogP contribution in [0.2, 0.25) is 0 Å². The van der Waals surface area contributed by atoms with Crippen LogP contribution in [0.3, 0.4) is 0 Å². The van der Waals surface area contributed by atoms with E-state index < -0.39 is 5.54 Å². The van der Waals surface area contributed by atoms with Crippen molar-refractivity contribution in [1.82, 2.24) is 4.98 Å². The molecule has 3 rings (SSSR count). The van der Waals surface area contributed by atoms with E-state index in [4.69, 9.17) is 10.5 Å². The average Bonchev–Trinajstić information content (AvgIpc) is 2.56. The molecule has 2 unspecified atom stereocenters. The van der Waals surface area contributed by atoms with Crippen LogP contribution in [-0.2, 0) is 9.53 Å². The lowest BCUT2D eigenvalue weighted by Crippen LogP contribution is -2.51. The van der Waals surface area contributed by atoms with E-state index in [-0.39, 0.29) is 11.8 Å². The number of nitrogens with zero attached hydrogens (tertiary/aromatic N) is 2. The molecule has 1 aliphatic heterocycles. The molecule has 1 amide bonds. The highest BCUT2D eigenvalue weighted by molar-refractivity contribution is 5.92. The lowest BCUT2D eigenvalue weighted by atomic mass is 9.74. The van der Waals surface area contributed by atoms with Crippen molar-refractivity contribution in [2.45, 2.75) is 38.1 Å². The first-order chi connectivity index (χ1) is 11.1. The van der Waals surface area contributed by atoms with E-state index in [0.717, 1.165) is 57.7 Å². The van der Waals surface area contributed by atoms with Crippen LogP contribution < -0.4 is 16.0 Å². The van der Waals surface area contributed by atoms with Gasteiger partial charge in [0.05, 0.1) is 31.0 Å². The number of amides is 1. The van der Waals surface area contributed by atoms with Gasteiger partial charge >= 0.3 is 0 Å². The normalized spacial score (nSPS) is 28.4. The molecule has 0 spiro atoms. The lowest BCUT2D eigenvalue weighted by molar-refractivity contribution is -0.122. The van der Waals surface area contributed by atoms with Gasteiger partial charge in [0.15, 0.2) is 0 Å². The van der Waals surface area contributed by atoms with Crippen molar-refractivity contribution < 1.29 is 9.53 Å². The Morgan fingerprint density at radius 3 is 2.83 bits per heavy atom. The first-order valence-corrected chi connectivity index (χ1v) is 8.45. The third-order valence-corrected chi connectivity index (χ3v) is 4.95. The average molecular weight is 318 g/mol. The van der Waals surface area contributed by atoms with Gasteiger partial charge in [-0.1, -0.05) is 12.8 Å². The minimum atomic E-state index is -0.421. The number of carbonyl (C=O) groups is 1. The number of carbonyl (C=O) groups excluding carboxylic acids is 1. The van der Waals surface area contributed by atoms with Gasteiger partial charge in [-0.3, -0.25) is 4.79 Å². The maximum absolute atomic E-state index is 12.5. The first-order valence-electron chi connectivity index (χ1n) is 8.45. The zero-order valence-corrected chi connectivity index (χ0v) is 13.8. The molecule has 0 radical (unpaired) electrons. The molecule has 6 heteroatoms. The van der Waals surface area contributed by atoms with Gasteiger partial charge in [-0.15, -0.1) is 0 Å². The number of anilines is 2. The maximum atomic E-state index is 12.5. The van der Waals surface area contributed by atoms with Crippen LogP contribution in [0.4, 0.5) is 11.5 Å². The van der Waals surface area contributed by atoms with Gasteiger partial charge in [-0.05, 0) is 31.9 Å². The molecule has 1 saturated carbocycles. The van der Waals surface area contributed by atoms with Gasteiger partial charge in [0.25, 0.3) is 0 Å². The third kappa shape index (κ3) is 3.82. The minimum absolute atomic E-state index is 0.0127. The summed E-state index contributed by atoms with van der Waals surface area (Å²) in [5, 5.41) is 2.92. The van der Waals surface area contributed by atoms with Gasteiger partial charge in [0.1, 0.15) is 5.82 Å². The van der Waals surface area contributed by atoms with Crippen LogP contribution in [0.15, 0.2) is 18.3 Å². The van der Waals surface area contributed by atoms with E-state index in [1.807, 2.05) is 25.3 Å². The third-order valence-electron chi connectivity index (χ3n) is 4.95. The first kappa shape index (κ1) is 16.2. The van der Waals surface area contributed by atoms with Gasteiger partial charge in [0, 0.05) is 18.6 Å². The molecular formula is C17H26N4O2. The van der Waals surface area contributed by atoms with Gasteiger partial charge in [0.2, 0.25) is 5.91 Å². The highest BCUT2D eigenvalue weighted by Crippen LogP contribution is 2.32. The van der Waals surface area contributed by atoms with Crippen molar-refractivity contribution in [3.63, 3.8) is 0 Å². The fourth-order valence-corrected chi connectivity index (χ4v) is 3.47. The quantitative estimate of drug-likeness (QED) is 0.888. The van der Waals surface area contributed by atoms with Gasteiger partial charge < -0.3 is 20.7 Å². The zero-order valence-electron chi connectivity index (χ0n) is 13.8. The summed E-state index contributed by atoms with van der Waals surface area (Å²) in [6.45, 7) is 5.22. The Labute approximate surface area is 137 Å². The van der Waals surface area contributed by atoms with Crippen molar-refractivity contribution >= 4 is 17.4 Å². The van der Waals surface area contributed by atoms with Crippen molar-refractivity contribution in [2.75, 3.05) is 36.5 Å². The molecule has 2 heterocycles. The summed E-state index contributed by atoms with van der Waals surface area (Å²) in [6.07, 6.45) is 5.72. The van der Waals surface area contributed by atoms with Crippen molar-refractivity contribution in [3.05, 3.63) is 18.3 Å². The minimum Gasteiger partial charge on any atom is -0.378 e. The van der Waals surface area contributed by atoms with Crippen LogP contribution in [0.5, 0.6) is 0 Å². The van der Waals surface area contributed by atoms with Crippen molar-refractivity contribution in [3.8, 4) is 0 Å². The molecule has 1 aromatic heterocycles. The molecule has 2 fully saturated rings. The van der Waals surface area contributed by atoms with Crippen molar-refractivity contribution in [1.29, 1.82) is 0 Å². The number of hydrogen-bond donors (Lipinski definition) is 2. The predicted molar refractivity (Wildman–Crippen MR) is 90.4 cm³/mol. The zero-order chi connectivity index (χ0) is 16.3. The molecule has 2 aliphatic rings. The van der Waals surface area contributed by atoms with Crippen molar-refractivity contribution in [2.24, 2.45) is 11.7 Å². The molecule has 1 aliphatic carbocycles. The van der Waals surface area contributed by atoms with Crippen LogP contribution in [0.1, 0.15) is 32.6 Å². The number of morpholine rings is 1. The number of hydrogen-bond acceptors (Lipinski definition) is 5. The SMILES string of the molecule is CC1(N)CCCCC1C(=O)Nc1ccc(N2CCOCC2)cn1. The van der Waals surface area contributed by atoms with E-state index in [1.54, 1.807) is 0 Å². The summed E-state index contributed by atoms with van der Waals surface area (Å²) in [6, 6.07) is 3.86. The molecule has 6 nitrogen and oxygen atoms in total. The van der Waals surface area contributed by atoms with Crippen LogP contribution in [0, 0.1) is 5.92 Å². The molecule has 126 valence electrons. The molecule has 2 atom stereocenters. The highest BCUT2D eigenvalue weighted by Gasteiger charge is 2.37. The maximum Gasteiger partial charge on any atom is 0.230 e. The van der Waals surface area contributed by atoms with E-state index >= 15 is 0 Å². The molecule has 0 aromatic carbocycles. The number of pyridine rings is 1. The Kier molecular flexibility index (Phi) is 4.82. The lowest BCUT2D eigenvalue weighted by Gasteiger charge is -2.37. The number of ether oxygens (including phenoxy) is 1. The summed E-state index contributed by atoms with van der Waals surface area (Å²) in [5.74, 6) is 0.437. The standard InChI is InChI=1S/C17H26N4O2/c1-17(18)7-3-2-4-14(17)16(22)20-15-6-5-13(12-19-15)21-8-10-23-11-9-21/h5-6,12,14H,2-4,7-11,18H2,1H3,(H,19,20,22). The topological polar surface area (TPSA) is 80.5 Å². The van der Waals surface area contributed by atoms with E-state index in [0.29, 0.717) is 5.82 Å². The Balaban J connectivity index is 1.62. The van der Waals surface area contributed by atoms with E-state index in [1.165, 1.54) is 0 Å². The fraction of sp³-hybridized carbons (Fsp3) is 0.647. The molecule has 1 aromatic rings. The Morgan fingerprint density at radius 1 is 1.39 bits per heavy atom. The second-order valence-electron chi connectivity index (χ2n) is 6.79. The Hall–Kier alpha value is -1.66. The molecule has 0 bridgehead atoms. The number of nitrogens with two attached hydrogens (primary N) is 1. The monoisotopic (exact) mass is 318 g/mol. The van der Waals surface area contributed by atoms with Crippen LogP contribution in [0.25, 0.3) is 0 Å². The number of rotatable bonds is 3. The number of nitrogens with one attached hydrogen (secondary N) is 1. The highest BCUT2D eigenvalue weighted by atomic mass is 16.5. The Morgan fingerprint density at radius 2 is 2.17 bits per heavy atom. The van der Waals surface area contributed by atoms with Gasteiger partial charge in [-0.25, -0.2) is 4.98 Å². The second kappa shape index (κ2) is 6.84. The fourth-order valence-electron chi connectivity index (χ4n) is 3.47. The second-order valence-corrected chi connectivity index (χ2v) is 6.79. The Bertz CT molecular complexity index is 538. The molecule has 1 saturated heterocycles. The largest absolute Gasteiger partial charge is 0.378 e. The molecule has 23 heavy (non-hydrogen) atoms. The van der Waals surface area contributed by atoms with Gasteiger partial charge in [-0.2, -0.15) is 0 Å². The van der Waals surface area contributed by atoms with E-state index in [2.05, 4.69) is 15.2 Å². The van der Waals surface area contributed by atoms with Crippen LogP contribution >= 0.6 is 0 Å². The summed E-state index contributed by atoms with van der Waals surface area (Å²) in [5.41, 5.74) is 6.94. The summed E-state index contributed by atoms with van der Waals surface area (Å²) < 4.78 is 5.35. The van der Waals surface area contributed by atoms with Crippen LogP contribution in [-0.4, -0.2) is 42.7 Å². The predicted octanol–water partition coefficient (Wildman–Crippen LogP) is 1.76. The molecule has 3 N–H and O–H groups in total. The number of aromatic nitrogens is 1. The summed E-state index contributed by atoms with van der Waals surface area (Å²) >= 11 is 0.